The van der Waals surface area contributed by atoms with Crippen molar-refractivity contribution < 1.29 is 4.55 Å². The number of hydrazine groups is 1. The molecule has 0 aromatic carbocycles. The lowest BCUT2D eigenvalue weighted by atomic mass is 10.3. The van der Waals surface area contributed by atoms with E-state index in [0.29, 0.717) is 5.92 Å². The highest BCUT2D eigenvalue weighted by Crippen LogP contribution is 2.35. The average molecular weight is 180 g/mol. The van der Waals surface area contributed by atoms with Crippen LogP contribution >= 0.6 is 10.5 Å². The van der Waals surface area contributed by atoms with E-state index in [4.69, 9.17) is 0 Å². The lowest BCUT2D eigenvalue weighted by Crippen LogP contribution is -2.35. The van der Waals surface area contributed by atoms with E-state index in [1.54, 1.807) is 5.01 Å². The van der Waals surface area contributed by atoms with E-state index in [9.17, 15) is 4.55 Å². The summed E-state index contributed by atoms with van der Waals surface area (Å²) < 4.78 is 9.79. The SMILES string of the molecule is CC(C)CS(C)(O)NN(C)C. The molecule has 1 atom stereocenters. The number of hydrogen-bond donors (Lipinski definition) is 2. The fourth-order valence-electron chi connectivity index (χ4n) is 1.08. The summed E-state index contributed by atoms with van der Waals surface area (Å²) >= 11 is 0. The number of nitrogens with one attached hydrogen (secondary N) is 1. The van der Waals surface area contributed by atoms with Crippen molar-refractivity contribution in [2.24, 2.45) is 5.92 Å². The van der Waals surface area contributed by atoms with E-state index < -0.39 is 10.5 Å². The number of hydrogen-bond acceptors (Lipinski definition) is 3. The van der Waals surface area contributed by atoms with Gasteiger partial charge in [-0.1, -0.05) is 24.3 Å². The molecule has 0 heterocycles. The quantitative estimate of drug-likeness (QED) is 0.644. The van der Waals surface area contributed by atoms with Crippen LogP contribution in [0.25, 0.3) is 0 Å². The van der Waals surface area contributed by atoms with Crippen LogP contribution in [0.3, 0.4) is 0 Å². The van der Waals surface area contributed by atoms with Gasteiger partial charge in [0.25, 0.3) is 0 Å². The molecule has 0 aromatic rings. The Morgan fingerprint density at radius 1 is 1.45 bits per heavy atom. The van der Waals surface area contributed by atoms with Crippen molar-refractivity contribution >= 4 is 10.5 Å². The average Bonchev–Trinajstić information content (AvgIpc) is 1.53. The molecule has 0 aromatic heterocycles. The Hall–Kier alpha value is 0.230. The first-order valence-corrected chi connectivity index (χ1v) is 5.93. The first-order chi connectivity index (χ1) is 4.83. The molecular weight excluding hydrogens is 160 g/mol. The standard InChI is InChI=1S/C7H20N2OS/c1-7(2)6-11(5,10)8-9(3)4/h7-8,10H,6H2,1-5H3. The molecule has 0 saturated heterocycles. The second kappa shape index (κ2) is 4.30. The Bertz CT molecular complexity index is 103. The minimum absolute atomic E-state index is 0.535. The summed E-state index contributed by atoms with van der Waals surface area (Å²) in [5.41, 5.74) is 0. The van der Waals surface area contributed by atoms with Crippen molar-refractivity contribution in [1.82, 2.24) is 9.84 Å². The van der Waals surface area contributed by atoms with E-state index in [1.165, 1.54) is 0 Å². The summed E-state index contributed by atoms with van der Waals surface area (Å²) in [5, 5.41) is 1.80. The maximum absolute atomic E-state index is 9.79. The van der Waals surface area contributed by atoms with Crippen molar-refractivity contribution in [2.75, 3.05) is 26.1 Å². The largest absolute Gasteiger partial charge is 0.337 e. The van der Waals surface area contributed by atoms with Gasteiger partial charge < -0.3 is 4.55 Å². The lowest BCUT2D eigenvalue weighted by Gasteiger charge is -2.34. The highest BCUT2D eigenvalue weighted by atomic mass is 32.3. The molecule has 0 bridgehead atoms. The molecule has 11 heavy (non-hydrogen) atoms. The topological polar surface area (TPSA) is 35.5 Å². The summed E-state index contributed by atoms with van der Waals surface area (Å²) in [7, 11) is 2.18. The van der Waals surface area contributed by atoms with Gasteiger partial charge in [0.2, 0.25) is 0 Å². The Balaban J connectivity index is 3.79. The number of nitrogens with zero attached hydrogens (tertiary/aromatic N) is 1. The van der Waals surface area contributed by atoms with Crippen LogP contribution in [0, 0.1) is 5.92 Å². The van der Waals surface area contributed by atoms with Crippen LogP contribution in [0.1, 0.15) is 13.8 Å². The van der Waals surface area contributed by atoms with E-state index in [2.05, 4.69) is 18.7 Å². The fourth-order valence-corrected chi connectivity index (χ4v) is 3.24. The highest BCUT2D eigenvalue weighted by molar-refractivity contribution is 8.26. The number of rotatable bonds is 4. The van der Waals surface area contributed by atoms with Crippen molar-refractivity contribution in [1.29, 1.82) is 0 Å². The summed E-state index contributed by atoms with van der Waals surface area (Å²) in [4.78, 5) is 3.02. The molecular formula is C7H20N2OS. The molecule has 4 heteroatoms. The molecule has 0 radical (unpaired) electrons. The van der Waals surface area contributed by atoms with Crippen molar-refractivity contribution in [2.45, 2.75) is 13.8 Å². The van der Waals surface area contributed by atoms with Crippen LogP contribution < -0.4 is 4.83 Å². The van der Waals surface area contributed by atoms with Crippen LogP contribution in [0.15, 0.2) is 0 Å². The molecule has 0 fully saturated rings. The molecule has 0 saturated carbocycles. The van der Waals surface area contributed by atoms with Gasteiger partial charge in [0.15, 0.2) is 0 Å². The Morgan fingerprint density at radius 3 is 2.18 bits per heavy atom. The molecule has 0 aliphatic rings. The normalized spacial score (nSPS) is 20.4. The maximum atomic E-state index is 9.79. The first-order valence-electron chi connectivity index (χ1n) is 3.76. The van der Waals surface area contributed by atoms with Crippen molar-refractivity contribution in [3.63, 3.8) is 0 Å². The van der Waals surface area contributed by atoms with Gasteiger partial charge in [-0.25, -0.2) is 5.01 Å². The molecule has 1 unspecified atom stereocenters. The maximum Gasteiger partial charge on any atom is 0.0144 e. The molecule has 2 N–H and O–H groups in total. The third kappa shape index (κ3) is 6.62. The van der Waals surface area contributed by atoms with Crippen LogP contribution in [0.2, 0.25) is 0 Å². The predicted octanol–water partition coefficient (Wildman–Crippen LogP) is 1.53. The molecule has 0 aliphatic carbocycles. The highest BCUT2D eigenvalue weighted by Gasteiger charge is 2.15. The van der Waals surface area contributed by atoms with Gasteiger partial charge in [-0.15, -0.1) is 0 Å². The smallest absolute Gasteiger partial charge is 0.0144 e. The Morgan fingerprint density at radius 2 is 1.91 bits per heavy atom. The van der Waals surface area contributed by atoms with E-state index in [0.717, 1.165) is 5.75 Å². The minimum atomic E-state index is -1.60. The van der Waals surface area contributed by atoms with Gasteiger partial charge in [-0.05, 0) is 5.92 Å². The molecule has 3 nitrogen and oxygen atoms in total. The summed E-state index contributed by atoms with van der Waals surface area (Å²) in [5.74, 6) is 1.37. The van der Waals surface area contributed by atoms with Gasteiger partial charge in [0.1, 0.15) is 0 Å². The molecule has 0 spiro atoms. The zero-order valence-electron chi connectivity index (χ0n) is 8.09. The van der Waals surface area contributed by atoms with Gasteiger partial charge in [0.05, 0.1) is 0 Å². The van der Waals surface area contributed by atoms with E-state index in [-0.39, 0.29) is 0 Å². The first kappa shape index (κ1) is 11.2. The molecule has 70 valence electrons. The summed E-state index contributed by atoms with van der Waals surface area (Å²) in [6, 6.07) is 0. The molecule has 0 aliphatic heterocycles. The second-order valence-corrected chi connectivity index (χ2v) is 6.18. The van der Waals surface area contributed by atoms with Crippen LogP contribution in [-0.2, 0) is 0 Å². The second-order valence-electron chi connectivity index (χ2n) is 3.59. The monoisotopic (exact) mass is 180 g/mol. The van der Waals surface area contributed by atoms with Gasteiger partial charge in [-0.3, -0.25) is 0 Å². The van der Waals surface area contributed by atoms with Crippen molar-refractivity contribution in [3.05, 3.63) is 0 Å². The third-order valence-electron chi connectivity index (χ3n) is 1.04. The Kier molecular flexibility index (Phi) is 4.39. The lowest BCUT2D eigenvalue weighted by molar-refractivity contribution is 0.363. The summed E-state index contributed by atoms with van der Waals surface area (Å²) in [6.45, 7) is 4.22. The predicted molar refractivity (Wildman–Crippen MR) is 52.7 cm³/mol. The van der Waals surface area contributed by atoms with Crippen LogP contribution in [0.4, 0.5) is 0 Å². The zero-order valence-corrected chi connectivity index (χ0v) is 8.90. The van der Waals surface area contributed by atoms with Gasteiger partial charge in [-0.2, -0.15) is 4.83 Å². The van der Waals surface area contributed by atoms with Gasteiger partial charge >= 0.3 is 0 Å². The Labute approximate surface area is 71.4 Å². The zero-order chi connectivity index (χ0) is 9.07. The van der Waals surface area contributed by atoms with E-state index in [1.807, 2.05) is 20.4 Å². The van der Waals surface area contributed by atoms with Crippen LogP contribution in [0.5, 0.6) is 0 Å². The fraction of sp³-hybridized carbons (Fsp3) is 1.00. The van der Waals surface area contributed by atoms with Crippen molar-refractivity contribution in [3.8, 4) is 0 Å². The molecule has 0 amide bonds. The van der Waals surface area contributed by atoms with E-state index >= 15 is 0 Å². The molecule has 0 rings (SSSR count). The minimum Gasteiger partial charge on any atom is -0.337 e. The summed E-state index contributed by atoms with van der Waals surface area (Å²) in [6.07, 6.45) is 1.87. The van der Waals surface area contributed by atoms with Crippen LogP contribution in [-0.4, -0.2) is 35.7 Å². The van der Waals surface area contributed by atoms with Gasteiger partial charge in [0, 0.05) is 26.1 Å². The third-order valence-corrected chi connectivity index (χ3v) is 3.11.